The van der Waals surface area contributed by atoms with Crippen LogP contribution in [-0.2, 0) is 23.5 Å². The molecule has 25 heavy (non-hydrogen) atoms. The third-order valence-corrected chi connectivity index (χ3v) is 6.89. The molecule has 0 amide bonds. The van der Waals surface area contributed by atoms with Crippen molar-refractivity contribution in [3.05, 3.63) is 41.7 Å². The van der Waals surface area contributed by atoms with Gasteiger partial charge in [0.25, 0.3) is 0 Å². The normalized spacial score (nSPS) is 19.2. The number of phenols is 1. The fraction of sp³-hybridized carbons (Fsp3) is 0.500. The largest absolute Gasteiger partial charge is 0.508 e. The summed E-state index contributed by atoms with van der Waals surface area (Å²) in [4.78, 5) is 0.312. The fourth-order valence-electron chi connectivity index (χ4n) is 3.53. The summed E-state index contributed by atoms with van der Waals surface area (Å²) in [5.74, 6) is 0.248. The van der Waals surface area contributed by atoms with Gasteiger partial charge in [-0.2, -0.15) is 9.40 Å². The van der Waals surface area contributed by atoms with Gasteiger partial charge in [-0.15, -0.1) is 0 Å². The van der Waals surface area contributed by atoms with Crippen LogP contribution in [-0.4, -0.2) is 40.2 Å². The number of nitrogens with zero attached hydrogens (tertiary/aromatic N) is 3. The molecule has 1 unspecified atom stereocenters. The van der Waals surface area contributed by atoms with Crippen molar-refractivity contribution < 1.29 is 13.5 Å². The number of aromatic nitrogens is 2. The number of piperidine rings is 1. The number of phenolic OH excluding ortho intramolecular Hbond substituents is 1. The minimum Gasteiger partial charge on any atom is -0.508 e. The number of hydrogen-bond acceptors (Lipinski definition) is 4. The van der Waals surface area contributed by atoms with E-state index in [1.165, 1.54) is 0 Å². The first-order chi connectivity index (χ1) is 11.9. The van der Waals surface area contributed by atoms with Crippen molar-refractivity contribution in [1.82, 2.24) is 14.1 Å². The summed E-state index contributed by atoms with van der Waals surface area (Å²) in [6.45, 7) is 2.30. The van der Waals surface area contributed by atoms with E-state index in [2.05, 4.69) is 5.10 Å². The molecule has 1 saturated heterocycles. The summed E-state index contributed by atoms with van der Waals surface area (Å²) in [5, 5.41) is 13.6. The highest BCUT2D eigenvalue weighted by Gasteiger charge is 2.35. The molecule has 1 aliphatic heterocycles. The Bertz CT molecular complexity index is 828. The standard InChI is InChI=1S/C18H25N3O3S/c1-14-18(13-20(2)19-14)25(23,24)21-12-4-3-5-16(21)9-6-15-7-10-17(22)11-8-15/h7-8,10-11,13,16,22H,3-6,9,12H2,1-2H3. The number of hydrogen-bond donors (Lipinski definition) is 1. The molecular formula is C18H25N3O3S. The van der Waals surface area contributed by atoms with E-state index in [0.29, 0.717) is 17.1 Å². The molecule has 1 aliphatic rings. The van der Waals surface area contributed by atoms with Gasteiger partial charge in [0.15, 0.2) is 0 Å². The predicted octanol–water partition coefficient (Wildman–Crippen LogP) is 2.61. The van der Waals surface area contributed by atoms with Crippen molar-refractivity contribution in [2.75, 3.05) is 6.54 Å². The first-order valence-electron chi connectivity index (χ1n) is 8.68. The van der Waals surface area contributed by atoms with E-state index in [1.54, 1.807) is 41.3 Å². The van der Waals surface area contributed by atoms with Crippen LogP contribution >= 0.6 is 0 Å². The minimum absolute atomic E-state index is 0.00663. The van der Waals surface area contributed by atoms with Gasteiger partial charge in [0.05, 0.1) is 5.69 Å². The van der Waals surface area contributed by atoms with Crippen molar-refractivity contribution in [1.29, 1.82) is 0 Å². The van der Waals surface area contributed by atoms with Crippen LogP contribution in [0.25, 0.3) is 0 Å². The highest BCUT2D eigenvalue weighted by molar-refractivity contribution is 7.89. The van der Waals surface area contributed by atoms with Gasteiger partial charge in [-0.3, -0.25) is 4.68 Å². The summed E-state index contributed by atoms with van der Waals surface area (Å²) < 4.78 is 29.5. The zero-order valence-corrected chi connectivity index (χ0v) is 15.5. The Morgan fingerprint density at radius 3 is 2.60 bits per heavy atom. The lowest BCUT2D eigenvalue weighted by molar-refractivity contribution is 0.241. The molecule has 0 spiro atoms. The number of aryl methyl sites for hydroxylation is 3. The average Bonchev–Trinajstić information content (AvgIpc) is 2.94. The first kappa shape index (κ1) is 17.9. The van der Waals surface area contributed by atoms with Crippen LogP contribution in [0.2, 0.25) is 0 Å². The van der Waals surface area contributed by atoms with E-state index in [-0.39, 0.29) is 11.8 Å². The SMILES string of the molecule is Cc1nn(C)cc1S(=O)(=O)N1CCCCC1CCc1ccc(O)cc1. The number of benzene rings is 1. The molecule has 0 radical (unpaired) electrons. The Balaban J connectivity index is 1.78. The molecule has 2 heterocycles. The van der Waals surface area contributed by atoms with Gasteiger partial charge in [0.1, 0.15) is 10.6 Å². The second kappa shape index (κ2) is 7.17. The highest BCUT2D eigenvalue weighted by atomic mass is 32.2. The van der Waals surface area contributed by atoms with E-state index in [4.69, 9.17) is 0 Å². The van der Waals surface area contributed by atoms with Crippen LogP contribution in [0.3, 0.4) is 0 Å². The van der Waals surface area contributed by atoms with Gasteiger partial charge in [-0.05, 0) is 50.3 Å². The molecule has 6 nitrogen and oxygen atoms in total. The Morgan fingerprint density at radius 1 is 1.24 bits per heavy atom. The van der Waals surface area contributed by atoms with Crippen molar-refractivity contribution in [2.24, 2.45) is 7.05 Å². The average molecular weight is 363 g/mol. The molecule has 7 heteroatoms. The van der Waals surface area contributed by atoms with Crippen LogP contribution in [0, 0.1) is 6.92 Å². The Labute approximate surface area is 149 Å². The molecule has 3 rings (SSSR count). The van der Waals surface area contributed by atoms with Gasteiger partial charge in [-0.1, -0.05) is 18.6 Å². The van der Waals surface area contributed by atoms with Crippen molar-refractivity contribution in [2.45, 2.75) is 50.0 Å². The molecule has 2 aromatic rings. The summed E-state index contributed by atoms with van der Waals surface area (Å²) in [6.07, 6.45) is 6.01. The smallest absolute Gasteiger partial charge is 0.246 e. The maximum absolute atomic E-state index is 13.1. The van der Waals surface area contributed by atoms with E-state index in [9.17, 15) is 13.5 Å². The lowest BCUT2D eigenvalue weighted by atomic mass is 9.98. The molecule has 136 valence electrons. The quantitative estimate of drug-likeness (QED) is 0.886. The zero-order chi connectivity index (χ0) is 18.0. The summed E-state index contributed by atoms with van der Waals surface area (Å²) in [7, 11) is -1.78. The molecular weight excluding hydrogens is 338 g/mol. The topological polar surface area (TPSA) is 75.4 Å². The second-order valence-electron chi connectivity index (χ2n) is 6.72. The fourth-order valence-corrected chi connectivity index (χ4v) is 5.46. The monoisotopic (exact) mass is 363 g/mol. The van der Waals surface area contributed by atoms with Crippen LogP contribution < -0.4 is 0 Å². The van der Waals surface area contributed by atoms with Crippen LogP contribution in [0.1, 0.15) is 36.9 Å². The van der Waals surface area contributed by atoms with Crippen LogP contribution in [0.4, 0.5) is 0 Å². The summed E-state index contributed by atoms with van der Waals surface area (Å²) >= 11 is 0. The molecule has 1 atom stereocenters. The molecule has 0 bridgehead atoms. The molecule has 1 fully saturated rings. The number of sulfonamides is 1. The lowest BCUT2D eigenvalue weighted by Gasteiger charge is -2.34. The molecule has 1 N–H and O–H groups in total. The third kappa shape index (κ3) is 3.88. The maximum Gasteiger partial charge on any atom is 0.246 e. The second-order valence-corrected chi connectivity index (χ2v) is 8.58. The van der Waals surface area contributed by atoms with Gasteiger partial charge < -0.3 is 5.11 Å². The molecule has 0 aliphatic carbocycles. The predicted molar refractivity (Wildman–Crippen MR) is 95.9 cm³/mol. The Morgan fingerprint density at radius 2 is 1.96 bits per heavy atom. The van der Waals surface area contributed by atoms with Gasteiger partial charge >= 0.3 is 0 Å². The lowest BCUT2D eigenvalue weighted by Crippen LogP contribution is -2.44. The summed E-state index contributed by atoms with van der Waals surface area (Å²) in [5.41, 5.74) is 1.66. The Kier molecular flexibility index (Phi) is 5.15. The maximum atomic E-state index is 13.1. The van der Waals surface area contributed by atoms with Crippen LogP contribution in [0.5, 0.6) is 5.75 Å². The van der Waals surface area contributed by atoms with Gasteiger partial charge in [-0.25, -0.2) is 8.42 Å². The molecule has 1 aromatic heterocycles. The van der Waals surface area contributed by atoms with Gasteiger partial charge in [0.2, 0.25) is 10.0 Å². The van der Waals surface area contributed by atoms with Crippen molar-refractivity contribution >= 4 is 10.0 Å². The molecule has 1 aromatic carbocycles. The van der Waals surface area contributed by atoms with E-state index >= 15 is 0 Å². The van der Waals surface area contributed by atoms with Crippen molar-refractivity contribution in [3.63, 3.8) is 0 Å². The Hall–Kier alpha value is -1.86. The van der Waals surface area contributed by atoms with E-state index in [0.717, 1.165) is 37.7 Å². The first-order valence-corrected chi connectivity index (χ1v) is 10.1. The number of aromatic hydroxyl groups is 1. The zero-order valence-electron chi connectivity index (χ0n) is 14.7. The highest BCUT2D eigenvalue weighted by Crippen LogP contribution is 2.29. The minimum atomic E-state index is -3.52. The van der Waals surface area contributed by atoms with Crippen molar-refractivity contribution in [3.8, 4) is 5.75 Å². The van der Waals surface area contributed by atoms with E-state index in [1.807, 2.05) is 12.1 Å². The third-order valence-electron chi connectivity index (χ3n) is 4.83. The van der Waals surface area contributed by atoms with Gasteiger partial charge in [0, 0.05) is 25.8 Å². The van der Waals surface area contributed by atoms with Crippen LogP contribution in [0.15, 0.2) is 35.4 Å². The summed E-state index contributed by atoms with van der Waals surface area (Å²) in [6, 6.07) is 7.13. The molecule has 0 saturated carbocycles. The van der Waals surface area contributed by atoms with E-state index < -0.39 is 10.0 Å². The number of rotatable bonds is 5.